The maximum absolute atomic E-state index is 9.69. The Kier molecular flexibility index (Phi) is 32.1. The maximum atomic E-state index is 9.69. The number of nitrogens with zero attached hydrogens (tertiary/aromatic N) is 3. The van der Waals surface area contributed by atoms with Crippen LogP contribution in [-0.4, -0.2) is 26.5 Å². The Morgan fingerprint density at radius 2 is 1.92 bits per heavy atom. The molecule has 0 aromatic heterocycles. The summed E-state index contributed by atoms with van der Waals surface area (Å²) < 4.78 is 0. The van der Waals surface area contributed by atoms with Gasteiger partial charge in [-0.1, -0.05) is 5.11 Å². The van der Waals surface area contributed by atoms with Crippen molar-refractivity contribution in [3.05, 3.63) is 10.4 Å². The molecule has 0 saturated heterocycles. The Balaban J connectivity index is -0.000000105. The van der Waals surface area contributed by atoms with Crippen LogP contribution >= 0.6 is 0 Å². The number of nitrogens with two attached hydrogens (primary N) is 2. The quantitative estimate of drug-likeness (QED) is 0.252. The van der Waals surface area contributed by atoms with Gasteiger partial charge in [0, 0.05) is 12.0 Å². The van der Waals surface area contributed by atoms with E-state index >= 15 is 0 Å². The van der Waals surface area contributed by atoms with Gasteiger partial charge in [0.05, 0.1) is 13.7 Å². The summed E-state index contributed by atoms with van der Waals surface area (Å²) in [6.07, 6.45) is 0. The summed E-state index contributed by atoms with van der Waals surface area (Å²) >= 11 is 0. The number of hydrogen-bond acceptors (Lipinski definition) is 5. The zero-order valence-electron chi connectivity index (χ0n) is 7.52. The van der Waals surface area contributed by atoms with Crippen LogP contribution in [0.2, 0.25) is 0 Å². The zero-order chi connectivity index (χ0) is 10.4. The van der Waals surface area contributed by atoms with Crippen molar-refractivity contribution in [3.8, 4) is 0 Å². The van der Waals surface area contributed by atoms with E-state index in [4.69, 9.17) is 11.3 Å². The fraction of sp³-hybridized carbons (Fsp3) is 0.800. The number of rotatable bonds is 1. The second-order valence-electron chi connectivity index (χ2n) is 1.43. The van der Waals surface area contributed by atoms with Gasteiger partial charge in [0.2, 0.25) is 0 Å². The topological polar surface area (TPSA) is 127 Å². The third kappa shape index (κ3) is 158. The third-order valence-electron chi connectivity index (χ3n) is 0.377. The van der Waals surface area contributed by atoms with Gasteiger partial charge in [-0.2, -0.15) is 0 Å². The largest absolute Gasteiger partial charge is 0.324 e. The molecule has 0 atom stereocenters. The Morgan fingerprint density at radius 3 is 1.92 bits per heavy atom. The molecule has 72 valence electrons. The van der Waals surface area contributed by atoms with E-state index in [0.29, 0.717) is 0 Å². The van der Waals surface area contributed by atoms with E-state index in [2.05, 4.69) is 20.8 Å². The predicted octanol–water partition coefficient (Wildman–Crippen LogP) is -0.0329. The summed E-state index contributed by atoms with van der Waals surface area (Å²) in [5.74, 6) is 4.38. The van der Waals surface area contributed by atoms with Gasteiger partial charge in [0.25, 0.3) is 0 Å². The smallest absolute Gasteiger partial charge is 0.143 e. The molecule has 0 heterocycles. The van der Waals surface area contributed by atoms with Crippen molar-refractivity contribution < 1.29 is 9.63 Å². The van der Waals surface area contributed by atoms with E-state index in [1.807, 2.05) is 0 Å². The lowest BCUT2D eigenvalue weighted by Gasteiger charge is -1.73. The van der Waals surface area contributed by atoms with Gasteiger partial charge < -0.3 is 10.6 Å². The molecule has 0 radical (unpaired) electrons. The highest BCUT2D eigenvalue weighted by Crippen LogP contribution is 1.51. The van der Waals surface area contributed by atoms with Crippen LogP contribution in [0.3, 0.4) is 0 Å². The molecule has 0 saturated carbocycles. The first-order valence-corrected chi connectivity index (χ1v) is 2.96. The molecule has 0 fully saturated rings. The molecule has 0 aromatic carbocycles. The molecule has 0 unspecified atom stereocenters. The van der Waals surface area contributed by atoms with Gasteiger partial charge in [-0.05, 0) is 12.5 Å². The minimum absolute atomic E-state index is 0.0324. The lowest BCUT2D eigenvalue weighted by Crippen LogP contribution is -2.07. The Labute approximate surface area is 71.3 Å². The van der Waals surface area contributed by atoms with E-state index < -0.39 is 0 Å². The van der Waals surface area contributed by atoms with Crippen molar-refractivity contribution in [1.29, 1.82) is 0 Å². The van der Waals surface area contributed by atoms with Gasteiger partial charge in [0.15, 0.2) is 0 Å². The Bertz CT molecular complexity index is 132. The zero-order valence-corrected chi connectivity index (χ0v) is 7.52. The molecule has 4 N–H and O–H groups in total. The summed E-state index contributed by atoms with van der Waals surface area (Å²) in [6.45, 7) is 1.62. The third-order valence-corrected chi connectivity index (χ3v) is 0.377. The molecule has 0 aliphatic heterocycles. The highest BCUT2D eigenvalue weighted by molar-refractivity contribution is 5.77. The highest BCUT2D eigenvalue weighted by Gasteiger charge is 1.76. The second kappa shape index (κ2) is 22.5. The number of ketones is 1. The number of Topliss-reactive ketones (excluding diaryl/α,β-unsaturated/α-hetero) is 1. The molecule has 7 heteroatoms. The summed E-state index contributed by atoms with van der Waals surface area (Å²) in [4.78, 5) is 15.8. The van der Waals surface area contributed by atoms with Crippen molar-refractivity contribution in [2.75, 3.05) is 20.7 Å². The summed E-state index contributed by atoms with van der Waals surface area (Å²) in [5.41, 5.74) is 12.2. The normalized spacial score (nSPS) is 6.08. The number of azide groups is 1. The Morgan fingerprint density at radius 1 is 1.75 bits per heavy atom. The van der Waals surface area contributed by atoms with Crippen LogP contribution in [-0.2, 0) is 9.63 Å². The van der Waals surface area contributed by atoms with Crippen molar-refractivity contribution >= 4 is 5.78 Å². The molecule has 0 aliphatic carbocycles. The number of hydrogen-bond donors (Lipinski definition) is 2. The molecule has 12 heavy (non-hydrogen) atoms. The minimum Gasteiger partial charge on any atom is -0.324 e. The first-order chi connectivity index (χ1) is 5.60. The van der Waals surface area contributed by atoms with E-state index in [0.717, 1.165) is 0 Å². The fourth-order valence-corrected chi connectivity index (χ4v) is 0. The summed E-state index contributed by atoms with van der Waals surface area (Å²) in [7, 11) is 2.79. The maximum Gasteiger partial charge on any atom is 0.143 e. The van der Waals surface area contributed by atoms with Crippen molar-refractivity contribution in [3.63, 3.8) is 0 Å². The van der Waals surface area contributed by atoms with E-state index in [-0.39, 0.29) is 12.3 Å². The van der Waals surface area contributed by atoms with Crippen molar-refractivity contribution in [1.82, 2.24) is 0 Å². The average Bonchev–Trinajstić information content (AvgIpc) is 2.06. The summed E-state index contributed by atoms with van der Waals surface area (Å²) in [6, 6.07) is 0. The molecule has 0 spiro atoms. The lowest BCUT2D eigenvalue weighted by atomic mass is 10.5. The van der Waals surface area contributed by atoms with Crippen LogP contribution in [0.15, 0.2) is 5.11 Å². The van der Waals surface area contributed by atoms with Crippen LogP contribution in [0.4, 0.5) is 0 Å². The molecule has 0 amide bonds. The van der Waals surface area contributed by atoms with Gasteiger partial charge >= 0.3 is 0 Å². The number of carbonyl (C=O) groups is 1. The fourth-order valence-electron chi connectivity index (χ4n) is 0. The summed E-state index contributed by atoms with van der Waals surface area (Å²) in [5, 5.41) is 2.92. The molecular formula is C5H15N5O2. The molecule has 0 bridgehead atoms. The molecule has 0 aliphatic rings. The molecule has 0 aromatic rings. The van der Waals surface area contributed by atoms with Gasteiger partial charge in [-0.15, -0.1) is 0 Å². The highest BCUT2D eigenvalue weighted by atomic mass is 16.6. The van der Waals surface area contributed by atoms with E-state index in [1.165, 1.54) is 21.1 Å². The van der Waals surface area contributed by atoms with Crippen LogP contribution in [0.1, 0.15) is 6.92 Å². The van der Waals surface area contributed by atoms with Crippen molar-refractivity contribution in [2.24, 2.45) is 16.7 Å². The van der Waals surface area contributed by atoms with Gasteiger partial charge in [-0.3, -0.25) is 4.79 Å². The Hall–Kier alpha value is -1.14. The van der Waals surface area contributed by atoms with Crippen LogP contribution < -0.4 is 11.6 Å². The standard InChI is InChI=1S/C3H7NO.CH3N3.CH5NO/c1-3(5)2-4;1-3-4-2;1-3-2/h2,4H2,1H3;1H3;2H2,1H3. The molecule has 0 rings (SSSR count). The average molecular weight is 177 g/mol. The van der Waals surface area contributed by atoms with E-state index in [9.17, 15) is 4.79 Å². The van der Waals surface area contributed by atoms with E-state index in [1.54, 1.807) is 0 Å². The van der Waals surface area contributed by atoms with Crippen LogP contribution in [0.25, 0.3) is 10.4 Å². The first-order valence-electron chi connectivity index (χ1n) is 2.96. The minimum atomic E-state index is 0.0324. The lowest BCUT2D eigenvalue weighted by molar-refractivity contribution is -0.115. The monoisotopic (exact) mass is 177 g/mol. The first kappa shape index (κ1) is 17.1. The van der Waals surface area contributed by atoms with Crippen LogP contribution in [0, 0.1) is 0 Å². The number of carbonyl (C=O) groups excluding carboxylic acids is 1. The van der Waals surface area contributed by atoms with Crippen LogP contribution in [0.5, 0.6) is 0 Å². The second-order valence-corrected chi connectivity index (χ2v) is 1.43. The van der Waals surface area contributed by atoms with Gasteiger partial charge in [-0.25, -0.2) is 5.90 Å². The molecule has 7 nitrogen and oxygen atoms in total. The van der Waals surface area contributed by atoms with Crippen molar-refractivity contribution in [2.45, 2.75) is 6.92 Å². The van der Waals surface area contributed by atoms with Gasteiger partial charge in [0.1, 0.15) is 5.78 Å². The predicted molar refractivity (Wildman–Crippen MR) is 46.0 cm³/mol. The molecular weight excluding hydrogens is 162 g/mol. The SMILES string of the molecule is CC(=O)CN.CN=[N+]=[N-].CON.